The number of ether oxygens (including phenoxy) is 1. The van der Waals surface area contributed by atoms with E-state index in [1.54, 1.807) is 48.5 Å². The predicted octanol–water partition coefficient (Wildman–Crippen LogP) is 3.91. The van der Waals surface area contributed by atoms with Gasteiger partial charge in [-0.05, 0) is 67.6 Å². The lowest BCUT2D eigenvalue weighted by Gasteiger charge is -2.11. The van der Waals surface area contributed by atoms with E-state index in [1.165, 1.54) is 24.3 Å². The van der Waals surface area contributed by atoms with Gasteiger partial charge in [0.05, 0.1) is 23.6 Å². The maximum atomic E-state index is 12.5. The summed E-state index contributed by atoms with van der Waals surface area (Å²) in [6, 6.07) is 18.6. The van der Waals surface area contributed by atoms with Gasteiger partial charge < -0.3 is 15.4 Å². The van der Waals surface area contributed by atoms with Crippen molar-refractivity contribution >= 4 is 44.8 Å². The third kappa shape index (κ3) is 6.71. The molecule has 0 spiro atoms. The molecule has 0 aliphatic carbocycles. The van der Waals surface area contributed by atoms with Crippen LogP contribution < -0.4 is 20.1 Å². The molecule has 10 heteroatoms. The topological polar surface area (TPSA) is 114 Å². The number of benzene rings is 3. The highest BCUT2D eigenvalue weighted by Gasteiger charge is 2.15. The van der Waals surface area contributed by atoms with Crippen molar-refractivity contribution in [3.05, 3.63) is 83.4 Å². The van der Waals surface area contributed by atoms with Gasteiger partial charge in [0, 0.05) is 16.4 Å². The molecule has 0 aliphatic heterocycles. The molecule has 0 aliphatic rings. The summed E-state index contributed by atoms with van der Waals surface area (Å²) in [5.41, 5.74) is 1.09. The van der Waals surface area contributed by atoms with E-state index in [0.717, 1.165) is 0 Å². The highest BCUT2D eigenvalue weighted by molar-refractivity contribution is 7.92. The summed E-state index contributed by atoms with van der Waals surface area (Å²) in [4.78, 5) is 24.6. The molecule has 3 aromatic carbocycles. The molecule has 172 valence electrons. The molecule has 0 saturated heterocycles. The molecule has 0 aromatic heterocycles. The van der Waals surface area contributed by atoms with Gasteiger partial charge in [0.2, 0.25) is 5.91 Å². The van der Waals surface area contributed by atoms with Crippen LogP contribution in [0.15, 0.2) is 77.7 Å². The quantitative estimate of drug-likeness (QED) is 0.423. The summed E-state index contributed by atoms with van der Waals surface area (Å²) in [5.74, 6) is -0.474. The number of anilines is 2. The first-order chi connectivity index (χ1) is 15.8. The first-order valence-electron chi connectivity index (χ1n) is 9.97. The van der Waals surface area contributed by atoms with Crippen molar-refractivity contribution in [3.8, 4) is 5.75 Å². The molecule has 0 atom stereocenters. The maximum Gasteiger partial charge on any atom is 0.261 e. The lowest BCUT2D eigenvalue weighted by molar-refractivity contribution is -0.115. The lowest BCUT2D eigenvalue weighted by atomic mass is 10.2. The van der Waals surface area contributed by atoms with E-state index in [9.17, 15) is 18.0 Å². The summed E-state index contributed by atoms with van der Waals surface area (Å²) in [7, 11) is -3.81. The van der Waals surface area contributed by atoms with Crippen molar-refractivity contribution in [2.45, 2.75) is 11.8 Å². The fourth-order valence-corrected chi connectivity index (χ4v) is 4.03. The summed E-state index contributed by atoms with van der Waals surface area (Å²) in [6.45, 7) is 1.95. The number of halogens is 1. The minimum atomic E-state index is -3.81. The molecule has 0 fully saturated rings. The molecule has 0 radical (unpaired) electrons. The van der Waals surface area contributed by atoms with E-state index in [1.807, 2.05) is 6.92 Å². The maximum absolute atomic E-state index is 12.5. The molecule has 33 heavy (non-hydrogen) atoms. The van der Waals surface area contributed by atoms with E-state index in [-0.39, 0.29) is 11.4 Å². The Morgan fingerprint density at radius 3 is 2.21 bits per heavy atom. The molecular formula is C23H22ClN3O5S. The third-order valence-corrected chi connectivity index (χ3v) is 6.04. The van der Waals surface area contributed by atoms with Crippen LogP contribution in [0.2, 0.25) is 5.02 Å². The summed E-state index contributed by atoms with van der Waals surface area (Å²) in [5, 5.41) is 5.64. The highest BCUT2D eigenvalue weighted by atomic mass is 35.5. The largest absolute Gasteiger partial charge is 0.493 e. The Balaban J connectivity index is 1.56. The van der Waals surface area contributed by atoms with E-state index < -0.39 is 21.8 Å². The summed E-state index contributed by atoms with van der Waals surface area (Å²) >= 11 is 5.81. The predicted molar refractivity (Wildman–Crippen MR) is 127 cm³/mol. The Kier molecular flexibility index (Phi) is 7.92. The first kappa shape index (κ1) is 24.1. The molecule has 3 aromatic rings. The number of nitrogens with one attached hydrogen (secondary N) is 3. The fraction of sp³-hybridized carbons (Fsp3) is 0.130. The lowest BCUT2D eigenvalue weighted by Crippen LogP contribution is -2.33. The van der Waals surface area contributed by atoms with Gasteiger partial charge in [-0.15, -0.1) is 0 Å². The Morgan fingerprint density at radius 1 is 0.909 bits per heavy atom. The zero-order valence-corrected chi connectivity index (χ0v) is 19.2. The normalized spacial score (nSPS) is 10.8. The van der Waals surface area contributed by atoms with Crippen molar-refractivity contribution in [3.63, 3.8) is 0 Å². The van der Waals surface area contributed by atoms with E-state index in [0.29, 0.717) is 34.3 Å². The summed E-state index contributed by atoms with van der Waals surface area (Å²) in [6.07, 6.45) is 0. The van der Waals surface area contributed by atoms with E-state index in [2.05, 4.69) is 15.4 Å². The number of rotatable bonds is 9. The molecule has 0 unspecified atom stereocenters. The standard InChI is InChI=1S/C23H22ClN3O5S/c1-2-32-21-6-4-3-5-20(21)23(29)25-15-22(28)26-17-11-13-19(14-12-17)33(30,31)27-18-9-7-16(24)8-10-18/h3-14,27H,2,15H2,1H3,(H,25,29)(H,26,28). The van der Waals surface area contributed by atoms with Gasteiger partial charge >= 0.3 is 0 Å². The minimum absolute atomic E-state index is 0.0243. The van der Waals surface area contributed by atoms with Crippen LogP contribution in [0.25, 0.3) is 0 Å². The average molecular weight is 488 g/mol. The van der Waals surface area contributed by atoms with E-state index >= 15 is 0 Å². The first-order valence-corrected chi connectivity index (χ1v) is 11.8. The van der Waals surface area contributed by atoms with Crippen LogP contribution in [-0.4, -0.2) is 33.4 Å². The Hall–Kier alpha value is -3.56. The second kappa shape index (κ2) is 10.8. The summed E-state index contributed by atoms with van der Waals surface area (Å²) < 4.78 is 32.9. The van der Waals surface area contributed by atoms with Crippen LogP contribution in [0.4, 0.5) is 11.4 Å². The van der Waals surface area contributed by atoms with Crippen molar-refractivity contribution < 1.29 is 22.7 Å². The molecule has 3 N–H and O–H groups in total. The Bertz CT molecular complexity index is 1230. The molecule has 0 heterocycles. The minimum Gasteiger partial charge on any atom is -0.493 e. The van der Waals surface area contributed by atoms with Crippen LogP contribution in [0.3, 0.4) is 0 Å². The molecule has 0 bridgehead atoms. The van der Waals surface area contributed by atoms with Crippen molar-refractivity contribution in [1.29, 1.82) is 0 Å². The number of para-hydroxylation sites is 1. The van der Waals surface area contributed by atoms with Crippen LogP contribution in [0.1, 0.15) is 17.3 Å². The zero-order chi connectivity index (χ0) is 23.8. The number of sulfonamides is 1. The second-order valence-electron chi connectivity index (χ2n) is 6.80. The Labute approximate surface area is 197 Å². The fourth-order valence-electron chi connectivity index (χ4n) is 2.85. The van der Waals surface area contributed by atoms with Gasteiger partial charge in [-0.2, -0.15) is 0 Å². The molecule has 3 rings (SSSR count). The van der Waals surface area contributed by atoms with Crippen LogP contribution in [0.5, 0.6) is 5.75 Å². The zero-order valence-electron chi connectivity index (χ0n) is 17.7. The van der Waals surface area contributed by atoms with Gasteiger partial charge in [0.25, 0.3) is 15.9 Å². The number of carbonyl (C=O) groups excluding carboxylic acids is 2. The monoisotopic (exact) mass is 487 g/mol. The van der Waals surface area contributed by atoms with Gasteiger partial charge in [0.15, 0.2) is 0 Å². The van der Waals surface area contributed by atoms with Gasteiger partial charge in [-0.25, -0.2) is 8.42 Å². The highest BCUT2D eigenvalue weighted by Crippen LogP contribution is 2.20. The second-order valence-corrected chi connectivity index (χ2v) is 8.92. The Morgan fingerprint density at radius 2 is 1.55 bits per heavy atom. The number of amides is 2. The average Bonchev–Trinajstić information content (AvgIpc) is 2.80. The van der Waals surface area contributed by atoms with Gasteiger partial charge in [-0.1, -0.05) is 23.7 Å². The van der Waals surface area contributed by atoms with Gasteiger partial charge in [-0.3, -0.25) is 14.3 Å². The molecule has 2 amide bonds. The molecular weight excluding hydrogens is 466 g/mol. The SMILES string of the molecule is CCOc1ccccc1C(=O)NCC(=O)Nc1ccc(S(=O)(=O)Nc2ccc(Cl)cc2)cc1. The number of carbonyl (C=O) groups is 2. The number of hydrogen-bond acceptors (Lipinski definition) is 5. The molecule has 8 nitrogen and oxygen atoms in total. The van der Waals surface area contributed by atoms with E-state index in [4.69, 9.17) is 16.3 Å². The smallest absolute Gasteiger partial charge is 0.261 e. The van der Waals surface area contributed by atoms with Crippen molar-refractivity contribution in [1.82, 2.24) is 5.32 Å². The number of hydrogen-bond donors (Lipinski definition) is 3. The van der Waals surface area contributed by atoms with Crippen molar-refractivity contribution in [2.24, 2.45) is 0 Å². The van der Waals surface area contributed by atoms with Crippen molar-refractivity contribution in [2.75, 3.05) is 23.2 Å². The third-order valence-electron chi connectivity index (χ3n) is 4.39. The molecule has 0 saturated carbocycles. The van der Waals surface area contributed by atoms with Crippen LogP contribution >= 0.6 is 11.6 Å². The van der Waals surface area contributed by atoms with Gasteiger partial charge in [0.1, 0.15) is 5.75 Å². The van der Waals surface area contributed by atoms with Crippen LogP contribution in [-0.2, 0) is 14.8 Å². The van der Waals surface area contributed by atoms with Crippen LogP contribution in [0, 0.1) is 0 Å².